The van der Waals surface area contributed by atoms with E-state index in [-0.39, 0.29) is 5.92 Å². The summed E-state index contributed by atoms with van der Waals surface area (Å²) in [5.41, 5.74) is 0.940. The fourth-order valence-electron chi connectivity index (χ4n) is 2.27. The molecule has 3 nitrogen and oxygen atoms in total. The maximum Gasteiger partial charge on any atom is 0.106 e. The predicted molar refractivity (Wildman–Crippen MR) is 72.9 cm³/mol. The van der Waals surface area contributed by atoms with Gasteiger partial charge in [0.05, 0.1) is 11.1 Å². The first-order valence-corrected chi connectivity index (χ1v) is 7.19. The van der Waals surface area contributed by atoms with Crippen molar-refractivity contribution < 1.29 is 5.11 Å². The molecule has 0 bridgehead atoms. The van der Waals surface area contributed by atoms with E-state index >= 15 is 0 Å². The smallest absolute Gasteiger partial charge is 0.106 e. The van der Waals surface area contributed by atoms with E-state index in [9.17, 15) is 5.11 Å². The lowest BCUT2D eigenvalue weighted by Gasteiger charge is -2.29. The van der Waals surface area contributed by atoms with Crippen LogP contribution in [0.1, 0.15) is 17.5 Å². The fraction of sp³-hybridized carbons (Fsp3) is 0.308. The molecule has 1 aromatic carbocycles. The van der Waals surface area contributed by atoms with Crippen molar-refractivity contribution in [3.05, 3.63) is 47.0 Å². The topological polar surface area (TPSA) is 48.9 Å². The van der Waals surface area contributed by atoms with Gasteiger partial charge < -0.3 is 10.1 Å². The van der Waals surface area contributed by atoms with E-state index in [0.29, 0.717) is 0 Å². The highest BCUT2D eigenvalue weighted by molar-refractivity contribution is 7.99. The summed E-state index contributed by atoms with van der Waals surface area (Å²) < 4.78 is 0. The van der Waals surface area contributed by atoms with Gasteiger partial charge in [-0.1, -0.05) is 23.7 Å². The number of nitrogens with one attached hydrogen (secondary N) is 1. The SMILES string of the molecule is O[C@@H]1c2cccc(Cl)c2SC[C@@H]1Cc1ncc[nH]1. The lowest BCUT2D eigenvalue weighted by atomic mass is 9.93. The minimum Gasteiger partial charge on any atom is -0.388 e. The molecule has 0 unspecified atom stereocenters. The highest BCUT2D eigenvalue weighted by atomic mass is 35.5. The molecule has 94 valence electrons. The Morgan fingerprint density at radius 3 is 3.17 bits per heavy atom. The van der Waals surface area contributed by atoms with E-state index in [1.165, 1.54) is 0 Å². The van der Waals surface area contributed by atoms with Crippen LogP contribution in [0, 0.1) is 5.92 Å². The molecule has 1 aliphatic heterocycles. The van der Waals surface area contributed by atoms with Crippen LogP contribution >= 0.6 is 23.4 Å². The van der Waals surface area contributed by atoms with Gasteiger partial charge in [0, 0.05) is 35.4 Å². The van der Waals surface area contributed by atoms with E-state index in [4.69, 9.17) is 11.6 Å². The number of fused-ring (bicyclic) bond motifs is 1. The van der Waals surface area contributed by atoms with E-state index in [2.05, 4.69) is 9.97 Å². The zero-order valence-electron chi connectivity index (χ0n) is 9.64. The predicted octanol–water partition coefficient (Wildman–Crippen LogP) is 3.06. The van der Waals surface area contributed by atoms with Gasteiger partial charge in [-0.2, -0.15) is 0 Å². The van der Waals surface area contributed by atoms with Crippen LogP contribution in [0.15, 0.2) is 35.5 Å². The van der Waals surface area contributed by atoms with Crippen molar-refractivity contribution in [2.75, 3.05) is 5.75 Å². The number of hydrogen-bond acceptors (Lipinski definition) is 3. The Morgan fingerprint density at radius 2 is 2.39 bits per heavy atom. The molecule has 2 N–H and O–H groups in total. The molecule has 0 saturated carbocycles. The largest absolute Gasteiger partial charge is 0.388 e. The molecular formula is C13H13ClN2OS. The monoisotopic (exact) mass is 280 g/mol. The molecule has 5 heteroatoms. The summed E-state index contributed by atoms with van der Waals surface area (Å²) in [6, 6.07) is 5.71. The van der Waals surface area contributed by atoms with Crippen LogP contribution in [-0.2, 0) is 6.42 Å². The van der Waals surface area contributed by atoms with Crippen molar-refractivity contribution in [3.8, 4) is 0 Å². The molecule has 2 heterocycles. The molecule has 0 spiro atoms. The van der Waals surface area contributed by atoms with Crippen molar-refractivity contribution in [1.82, 2.24) is 9.97 Å². The van der Waals surface area contributed by atoms with Crippen LogP contribution in [0.2, 0.25) is 5.02 Å². The lowest BCUT2D eigenvalue weighted by molar-refractivity contribution is 0.114. The average molecular weight is 281 g/mol. The van der Waals surface area contributed by atoms with Crippen molar-refractivity contribution in [1.29, 1.82) is 0 Å². The minimum absolute atomic E-state index is 0.173. The van der Waals surface area contributed by atoms with E-state index < -0.39 is 6.10 Å². The first-order valence-electron chi connectivity index (χ1n) is 5.83. The maximum absolute atomic E-state index is 10.4. The number of imidazole rings is 1. The zero-order chi connectivity index (χ0) is 12.5. The van der Waals surface area contributed by atoms with Gasteiger partial charge in [-0.3, -0.25) is 0 Å². The fourth-order valence-corrected chi connectivity index (χ4v) is 3.86. The van der Waals surface area contributed by atoms with Crippen molar-refractivity contribution in [3.63, 3.8) is 0 Å². The number of aromatic amines is 1. The molecule has 1 aliphatic rings. The van der Waals surface area contributed by atoms with Crippen LogP contribution in [0.3, 0.4) is 0 Å². The summed E-state index contributed by atoms with van der Waals surface area (Å²) in [6.45, 7) is 0. The molecule has 0 amide bonds. The number of halogens is 1. The van der Waals surface area contributed by atoms with Gasteiger partial charge in [0.25, 0.3) is 0 Å². The second kappa shape index (κ2) is 4.96. The number of aliphatic hydroxyl groups excluding tert-OH is 1. The molecule has 2 aromatic rings. The highest BCUT2D eigenvalue weighted by Gasteiger charge is 2.30. The van der Waals surface area contributed by atoms with E-state index in [1.807, 2.05) is 24.4 Å². The summed E-state index contributed by atoms with van der Waals surface area (Å²) in [5.74, 6) is 1.95. The number of hydrogen-bond donors (Lipinski definition) is 2. The average Bonchev–Trinajstić information content (AvgIpc) is 2.86. The summed E-state index contributed by atoms with van der Waals surface area (Å²) in [6.07, 6.45) is 3.84. The molecule has 1 aromatic heterocycles. The Hall–Kier alpha value is -0.970. The number of thioether (sulfide) groups is 1. The first-order chi connectivity index (χ1) is 8.75. The number of rotatable bonds is 2. The van der Waals surface area contributed by atoms with E-state index in [0.717, 1.165) is 33.5 Å². The second-order valence-corrected chi connectivity index (χ2v) is 5.85. The molecule has 2 atom stereocenters. The normalized spacial score (nSPS) is 22.8. The third kappa shape index (κ3) is 2.16. The number of benzene rings is 1. The van der Waals surface area contributed by atoms with Crippen molar-refractivity contribution in [2.24, 2.45) is 5.92 Å². The Labute approximate surface area is 115 Å². The number of nitrogens with zero attached hydrogens (tertiary/aromatic N) is 1. The van der Waals surface area contributed by atoms with Gasteiger partial charge in [0.2, 0.25) is 0 Å². The standard InChI is InChI=1S/C13H13ClN2OS/c14-10-3-1-2-9-12(17)8(7-18-13(9)10)6-11-15-4-5-16-11/h1-5,8,12,17H,6-7H2,(H,15,16)/t8-,12-/m0/s1. The summed E-state index contributed by atoms with van der Waals surface area (Å²) in [7, 11) is 0. The quantitative estimate of drug-likeness (QED) is 0.889. The number of H-pyrrole nitrogens is 1. The van der Waals surface area contributed by atoms with Gasteiger partial charge in [0.15, 0.2) is 0 Å². The van der Waals surface area contributed by atoms with Gasteiger partial charge in [-0.05, 0) is 11.6 Å². The van der Waals surface area contributed by atoms with Gasteiger partial charge in [0.1, 0.15) is 5.82 Å². The third-order valence-corrected chi connectivity index (χ3v) is 4.98. The van der Waals surface area contributed by atoms with Crippen LogP contribution < -0.4 is 0 Å². The number of aromatic nitrogens is 2. The van der Waals surface area contributed by atoms with Crippen LogP contribution in [-0.4, -0.2) is 20.8 Å². The molecule has 3 rings (SSSR count). The van der Waals surface area contributed by atoms with Crippen LogP contribution in [0.4, 0.5) is 0 Å². The Morgan fingerprint density at radius 1 is 1.50 bits per heavy atom. The Balaban J connectivity index is 1.85. The molecule has 0 saturated heterocycles. The maximum atomic E-state index is 10.4. The van der Waals surface area contributed by atoms with Gasteiger partial charge >= 0.3 is 0 Å². The minimum atomic E-state index is -0.468. The van der Waals surface area contributed by atoms with E-state index in [1.54, 1.807) is 18.0 Å². The summed E-state index contributed by atoms with van der Waals surface area (Å²) in [5, 5.41) is 11.2. The summed E-state index contributed by atoms with van der Waals surface area (Å²) in [4.78, 5) is 8.32. The Kier molecular flexibility index (Phi) is 3.33. The lowest BCUT2D eigenvalue weighted by Crippen LogP contribution is -2.22. The van der Waals surface area contributed by atoms with Crippen molar-refractivity contribution in [2.45, 2.75) is 17.4 Å². The highest BCUT2D eigenvalue weighted by Crippen LogP contribution is 2.43. The molecule has 0 fully saturated rings. The molecule has 0 radical (unpaired) electrons. The number of aliphatic hydroxyl groups is 1. The van der Waals surface area contributed by atoms with Crippen LogP contribution in [0.5, 0.6) is 0 Å². The van der Waals surface area contributed by atoms with Crippen LogP contribution in [0.25, 0.3) is 0 Å². The third-order valence-electron chi connectivity index (χ3n) is 3.21. The second-order valence-electron chi connectivity index (χ2n) is 4.41. The molecule has 18 heavy (non-hydrogen) atoms. The first kappa shape index (κ1) is 12.1. The van der Waals surface area contributed by atoms with Gasteiger partial charge in [-0.15, -0.1) is 11.8 Å². The molecule has 0 aliphatic carbocycles. The zero-order valence-corrected chi connectivity index (χ0v) is 11.2. The van der Waals surface area contributed by atoms with Gasteiger partial charge in [-0.25, -0.2) is 4.98 Å². The molecular weight excluding hydrogens is 268 g/mol. The van der Waals surface area contributed by atoms with Crippen molar-refractivity contribution >= 4 is 23.4 Å². The summed E-state index contributed by atoms with van der Waals surface area (Å²) >= 11 is 7.86. The Bertz CT molecular complexity index is 544.